The molecule has 0 saturated carbocycles. The summed E-state index contributed by atoms with van der Waals surface area (Å²) in [6.07, 6.45) is 0.686. The van der Waals surface area contributed by atoms with Gasteiger partial charge >= 0.3 is 0 Å². The maximum absolute atomic E-state index is 7.19. The monoisotopic (exact) mass is 904 g/mol. The molecule has 8 atom stereocenters. The lowest BCUT2D eigenvalue weighted by atomic mass is 9.92. The van der Waals surface area contributed by atoms with Crippen LogP contribution in [0.15, 0.2) is 194 Å². The second-order valence-electron chi connectivity index (χ2n) is 17.6. The van der Waals surface area contributed by atoms with Crippen molar-refractivity contribution in [3.8, 4) is 0 Å². The Hall–Kier alpha value is -5.30. The third-order valence-corrected chi connectivity index (χ3v) is 12.0. The van der Waals surface area contributed by atoms with Crippen LogP contribution in [0.5, 0.6) is 0 Å². The predicted molar refractivity (Wildman–Crippen MR) is 259 cm³/mol. The summed E-state index contributed by atoms with van der Waals surface area (Å²) in [5.74, 6) is -0.766. The molecular formula is C58H64O9. The van der Waals surface area contributed by atoms with E-state index in [0.717, 1.165) is 33.4 Å². The maximum atomic E-state index is 7.19. The van der Waals surface area contributed by atoms with Crippen LogP contribution in [-0.4, -0.2) is 67.8 Å². The van der Waals surface area contributed by atoms with Gasteiger partial charge in [0.25, 0.3) is 0 Å². The molecule has 2 aliphatic rings. The molecule has 2 aliphatic heterocycles. The average Bonchev–Trinajstić information content (AvgIpc) is 3.74. The van der Waals surface area contributed by atoms with E-state index < -0.39 is 48.5 Å². The molecule has 2 heterocycles. The van der Waals surface area contributed by atoms with E-state index in [4.69, 9.17) is 42.6 Å². The second-order valence-corrected chi connectivity index (χ2v) is 17.6. The zero-order chi connectivity index (χ0) is 45.9. The topological polar surface area (TPSA) is 83.1 Å². The molecule has 2 fully saturated rings. The minimum Gasteiger partial charge on any atom is -0.374 e. The van der Waals surface area contributed by atoms with Crippen molar-refractivity contribution in [3.05, 3.63) is 228 Å². The maximum Gasteiger partial charge on any atom is 0.163 e. The fourth-order valence-corrected chi connectivity index (χ4v) is 8.51. The summed E-state index contributed by atoms with van der Waals surface area (Å²) in [6.45, 7) is 6.75. The van der Waals surface area contributed by atoms with Crippen LogP contribution in [0.25, 0.3) is 0 Å². The SMILES string of the molecule is CC1(C)OC[C@@H]([C@@H](OCc2ccccc2)[C@@H](/C=C\C[C@H]2O[C@H](COCc3ccccc3)[C@@H](OCc3ccccc3)[C@H](OCc3ccccc3)[C@H]2OCc2ccccc2)OCc2ccccc2)O1. The molecule has 0 spiro atoms. The van der Waals surface area contributed by atoms with Gasteiger partial charge in [-0.05, 0) is 53.6 Å². The summed E-state index contributed by atoms with van der Waals surface area (Å²) in [6, 6.07) is 61.1. The van der Waals surface area contributed by atoms with Crippen molar-refractivity contribution < 1.29 is 42.6 Å². The van der Waals surface area contributed by atoms with E-state index in [1.54, 1.807) is 0 Å². The smallest absolute Gasteiger partial charge is 0.163 e. The lowest BCUT2D eigenvalue weighted by molar-refractivity contribution is -0.271. The zero-order valence-corrected chi connectivity index (χ0v) is 38.6. The highest BCUT2D eigenvalue weighted by atomic mass is 16.8. The van der Waals surface area contributed by atoms with Crippen LogP contribution in [-0.2, 0) is 82.3 Å². The predicted octanol–water partition coefficient (Wildman–Crippen LogP) is 11.0. The van der Waals surface area contributed by atoms with Crippen molar-refractivity contribution in [1.82, 2.24) is 0 Å². The van der Waals surface area contributed by atoms with Crippen molar-refractivity contribution in [1.29, 1.82) is 0 Å². The van der Waals surface area contributed by atoms with Gasteiger partial charge < -0.3 is 42.6 Å². The Balaban J connectivity index is 1.12. The van der Waals surface area contributed by atoms with E-state index >= 15 is 0 Å². The van der Waals surface area contributed by atoms with Gasteiger partial charge in [0.2, 0.25) is 0 Å². The fourth-order valence-electron chi connectivity index (χ4n) is 8.51. The van der Waals surface area contributed by atoms with Crippen molar-refractivity contribution in [2.75, 3.05) is 13.2 Å². The molecule has 0 N–H and O–H groups in total. The number of ether oxygens (including phenoxy) is 9. The Morgan fingerprint density at radius 3 is 1.34 bits per heavy atom. The Morgan fingerprint density at radius 2 is 0.896 bits per heavy atom. The average molecular weight is 905 g/mol. The summed E-state index contributed by atoms with van der Waals surface area (Å²) in [5.41, 5.74) is 6.32. The van der Waals surface area contributed by atoms with E-state index in [0.29, 0.717) is 52.7 Å². The van der Waals surface area contributed by atoms with Crippen molar-refractivity contribution in [2.24, 2.45) is 0 Å². The van der Waals surface area contributed by atoms with Crippen LogP contribution >= 0.6 is 0 Å². The van der Waals surface area contributed by atoms with Crippen LogP contribution in [0, 0.1) is 0 Å². The molecule has 67 heavy (non-hydrogen) atoms. The normalized spacial score (nSPS) is 22.4. The standard InChI is InChI=1S/C58H64O9/c1-58(2)65-43-53(67-58)54(61-38-46-26-13-5-14-27-46)50(60-37-45-24-11-4-12-25-45)34-21-35-51-55(62-39-47-28-15-6-16-29-47)57(64-41-49-32-19-8-20-33-49)56(63-40-48-30-17-7-18-31-48)52(66-51)42-59-36-44-22-9-3-10-23-44/h3-34,50-57H,35-43H2,1-2H3/b34-21-/t50-,51-,52-,53+,54+,55+,56-,57-/m1/s1. The van der Waals surface area contributed by atoms with Gasteiger partial charge in [0.1, 0.15) is 42.7 Å². The lowest BCUT2D eigenvalue weighted by Crippen LogP contribution is -2.61. The van der Waals surface area contributed by atoms with Crippen LogP contribution in [0.4, 0.5) is 0 Å². The van der Waals surface area contributed by atoms with Gasteiger partial charge in [-0.25, -0.2) is 0 Å². The van der Waals surface area contributed by atoms with Gasteiger partial charge in [0.05, 0.1) is 59.0 Å². The summed E-state index contributed by atoms with van der Waals surface area (Å²) >= 11 is 0. The molecular weight excluding hydrogens is 841 g/mol. The number of benzene rings is 6. The third-order valence-electron chi connectivity index (χ3n) is 12.0. The Bertz CT molecular complexity index is 2300. The minimum absolute atomic E-state index is 0.276. The van der Waals surface area contributed by atoms with E-state index in [-0.39, 0.29) is 12.7 Å². The largest absolute Gasteiger partial charge is 0.374 e. The van der Waals surface area contributed by atoms with Gasteiger partial charge in [0.15, 0.2) is 5.79 Å². The molecule has 0 bridgehead atoms. The number of rotatable bonds is 24. The van der Waals surface area contributed by atoms with E-state index in [2.05, 4.69) is 84.9 Å². The Morgan fingerprint density at radius 1 is 0.493 bits per heavy atom. The fraction of sp³-hybridized carbons (Fsp3) is 0.345. The van der Waals surface area contributed by atoms with Gasteiger partial charge in [-0.2, -0.15) is 0 Å². The second kappa shape index (κ2) is 25.2. The third kappa shape index (κ3) is 14.8. The highest BCUT2D eigenvalue weighted by Crippen LogP contribution is 2.34. The molecule has 350 valence electrons. The first kappa shape index (κ1) is 48.2. The number of hydrogen-bond acceptors (Lipinski definition) is 9. The van der Waals surface area contributed by atoms with Crippen LogP contribution < -0.4 is 0 Å². The van der Waals surface area contributed by atoms with Crippen molar-refractivity contribution in [2.45, 2.75) is 115 Å². The van der Waals surface area contributed by atoms with E-state index in [1.165, 1.54) is 0 Å². The minimum atomic E-state index is -0.766. The summed E-state index contributed by atoms with van der Waals surface area (Å²) in [4.78, 5) is 0. The van der Waals surface area contributed by atoms with E-state index in [1.807, 2.05) is 123 Å². The van der Waals surface area contributed by atoms with Gasteiger partial charge in [0, 0.05) is 0 Å². The molecule has 0 unspecified atom stereocenters. The summed E-state index contributed by atoms with van der Waals surface area (Å²) < 4.78 is 60.8. The van der Waals surface area contributed by atoms with Gasteiger partial charge in [-0.3, -0.25) is 0 Å². The first-order valence-electron chi connectivity index (χ1n) is 23.5. The molecule has 9 heteroatoms. The zero-order valence-electron chi connectivity index (χ0n) is 38.6. The molecule has 0 aromatic heterocycles. The lowest BCUT2D eigenvalue weighted by Gasteiger charge is -2.46. The van der Waals surface area contributed by atoms with Crippen LogP contribution in [0.2, 0.25) is 0 Å². The molecule has 9 nitrogen and oxygen atoms in total. The first-order chi connectivity index (χ1) is 33.0. The molecule has 2 saturated heterocycles. The molecule has 0 amide bonds. The highest BCUT2D eigenvalue weighted by molar-refractivity contribution is 5.18. The van der Waals surface area contributed by atoms with Gasteiger partial charge in [-0.1, -0.05) is 194 Å². The van der Waals surface area contributed by atoms with Crippen molar-refractivity contribution in [3.63, 3.8) is 0 Å². The summed E-state index contributed by atoms with van der Waals surface area (Å²) in [5, 5.41) is 0. The first-order valence-corrected chi connectivity index (χ1v) is 23.5. The molecule has 8 rings (SSSR count). The Kier molecular flexibility index (Phi) is 18.1. The molecule has 0 aliphatic carbocycles. The van der Waals surface area contributed by atoms with E-state index in [9.17, 15) is 0 Å². The molecule has 0 radical (unpaired) electrons. The quantitative estimate of drug-likeness (QED) is 0.0552. The number of hydrogen-bond donors (Lipinski definition) is 0. The highest BCUT2D eigenvalue weighted by Gasteiger charge is 2.48. The Labute approximate surface area is 396 Å². The van der Waals surface area contributed by atoms with Crippen molar-refractivity contribution >= 4 is 0 Å². The molecule has 6 aromatic rings. The molecule has 6 aromatic carbocycles. The van der Waals surface area contributed by atoms with Crippen LogP contribution in [0.1, 0.15) is 53.6 Å². The van der Waals surface area contributed by atoms with Gasteiger partial charge in [-0.15, -0.1) is 0 Å². The summed E-state index contributed by atoms with van der Waals surface area (Å²) in [7, 11) is 0. The van der Waals surface area contributed by atoms with Crippen LogP contribution in [0.3, 0.4) is 0 Å².